The number of carbonyl (C=O) groups excluding carboxylic acids is 1. The summed E-state index contributed by atoms with van der Waals surface area (Å²) in [5, 5.41) is 11.9. The summed E-state index contributed by atoms with van der Waals surface area (Å²) in [6.07, 6.45) is 0. The second-order valence-electron chi connectivity index (χ2n) is 5.44. The molecule has 1 unspecified atom stereocenters. The van der Waals surface area contributed by atoms with Gasteiger partial charge < -0.3 is 10.2 Å². The average molecular weight is 288 g/mol. The van der Waals surface area contributed by atoms with Gasteiger partial charge >= 0.3 is 0 Å². The van der Waals surface area contributed by atoms with E-state index in [0.29, 0.717) is 24.5 Å². The first kappa shape index (κ1) is 17.0. The van der Waals surface area contributed by atoms with Crippen LogP contribution in [0.3, 0.4) is 0 Å². The SMILES string of the molecule is CCN(CC(C)C#N)C(=O)c1cc(NC)nc(C(C)C)c1. The first-order valence-corrected chi connectivity index (χ1v) is 7.31. The van der Waals surface area contributed by atoms with Gasteiger partial charge in [-0.05, 0) is 31.9 Å². The van der Waals surface area contributed by atoms with Gasteiger partial charge in [0, 0.05) is 31.4 Å². The smallest absolute Gasteiger partial charge is 0.254 e. The number of carbonyl (C=O) groups is 1. The number of rotatable bonds is 6. The van der Waals surface area contributed by atoms with Crippen molar-refractivity contribution in [2.75, 3.05) is 25.5 Å². The Labute approximate surface area is 127 Å². The summed E-state index contributed by atoms with van der Waals surface area (Å²) in [6, 6.07) is 5.77. The van der Waals surface area contributed by atoms with Crippen LogP contribution in [0.25, 0.3) is 0 Å². The lowest BCUT2D eigenvalue weighted by Crippen LogP contribution is -2.34. The van der Waals surface area contributed by atoms with Gasteiger partial charge in [0.2, 0.25) is 0 Å². The molecule has 0 aliphatic heterocycles. The Morgan fingerprint density at radius 3 is 2.57 bits per heavy atom. The third kappa shape index (κ3) is 4.45. The van der Waals surface area contributed by atoms with E-state index in [2.05, 4.69) is 16.4 Å². The molecule has 0 spiro atoms. The average Bonchev–Trinajstić information content (AvgIpc) is 2.50. The Kier molecular flexibility index (Phi) is 6.16. The fraction of sp³-hybridized carbons (Fsp3) is 0.562. The van der Waals surface area contributed by atoms with Crippen LogP contribution in [-0.2, 0) is 0 Å². The Morgan fingerprint density at radius 2 is 2.10 bits per heavy atom. The molecule has 0 fully saturated rings. The zero-order chi connectivity index (χ0) is 16.0. The number of pyridine rings is 1. The highest BCUT2D eigenvalue weighted by atomic mass is 16.2. The number of nitrogens with one attached hydrogen (secondary N) is 1. The molecule has 21 heavy (non-hydrogen) atoms. The molecular formula is C16H24N4O. The van der Waals surface area contributed by atoms with Crippen molar-refractivity contribution < 1.29 is 4.79 Å². The second kappa shape index (κ2) is 7.63. The van der Waals surface area contributed by atoms with Gasteiger partial charge in [0.25, 0.3) is 5.91 Å². The quantitative estimate of drug-likeness (QED) is 0.874. The zero-order valence-corrected chi connectivity index (χ0v) is 13.5. The summed E-state index contributed by atoms with van der Waals surface area (Å²) in [5.41, 5.74) is 1.50. The van der Waals surface area contributed by atoms with E-state index < -0.39 is 0 Å². The first-order valence-electron chi connectivity index (χ1n) is 7.31. The molecular weight excluding hydrogens is 264 g/mol. The zero-order valence-electron chi connectivity index (χ0n) is 13.5. The van der Waals surface area contributed by atoms with Crippen molar-refractivity contribution in [1.29, 1.82) is 5.26 Å². The van der Waals surface area contributed by atoms with E-state index in [0.717, 1.165) is 5.69 Å². The fourth-order valence-corrected chi connectivity index (χ4v) is 2.01. The van der Waals surface area contributed by atoms with Gasteiger partial charge in [0.05, 0.1) is 12.0 Å². The molecule has 0 radical (unpaired) electrons. The molecule has 1 atom stereocenters. The van der Waals surface area contributed by atoms with Crippen LogP contribution in [0.2, 0.25) is 0 Å². The molecule has 0 saturated carbocycles. The van der Waals surface area contributed by atoms with Crippen LogP contribution in [0.1, 0.15) is 49.7 Å². The number of anilines is 1. The van der Waals surface area contributed by atoms with Gasteiger partial charge in [-0.25, -0.2) is 4.98 Å². The summed E-state index contributed by atoms with van der Waals surface area (Å²) >= 11 is 0. The van der Waals surface area contributed by atoms with Crippen molar-refractivity contribution in [3.63, 3.8) is 0 Å². The van der Waals surface area contributed by atoms with Crippen LogP contribution in [0.5, 0.6) is 0 Å². The van der Waals surface area contributed by atoms with Gasteiger partial charge in [-0.3, -0.25) is 4.79 Å². The third-order valence-electron chi connectivity index (χ3n) is 3.32. The molecule has 0 aliphatic rings. The number of hydrogen-bond donors (Lipinski definition) is 1. The molecule has 1 rings (SSSR count). The normalized spacial score (nSPS) is 11.9. The molecule has 0 saturated heterocycles. The lowest BCUT2D eigenvalue weighted by atomic mass is 10.1. The van der Waals surface area contributed by atoms with Gasteiger partial charge in [-0.2, -0.15) is 5.26 Å². The molecule has 114 valence electrons. The predicted molar refractivity (Wildman–Crippen MR) is 84.2 cm³/mol. The summed E-state index contributed by atoms with van der Waals surface area (Å²) in [7, 11) is 1.79. The summed E-state index contributed by atoms with van der Waals surface area (Å²) in [6.45, 7) is 8.86. The van der Waals surface area contributed by atoms with E-state index in [1.807, 2.05) is 33.8 Å². The van der Waals surface area contributed by atoms with Crippen molar-refractivity contribution in [2.24, 2.45) is 5.92 Å². The number of nitriles is 1. The summed E-state index contributed by atoms with van der Waals surface area (Å²) in [5.74, 6) is 0.705. The largest absolute Gasteiger partial charge is 0.373 e. The molecule has 1 aromatic rings. The van der Waals surface area contributed by atoms with Crippen LogP contribution in [0.15, 0.2) is 12.1 Å². The van der Waals surface area contributed by atoms with Crippen molar-refractivity contribution in [3.05, 3.63) is 23.4 Å². The first-order chi connectivity index (χ1) is 9.92. The van der Waals surface area contributed by atoms with Crippen LogP contribution in [-0.4, -0.2) is 35.9 Å². The number of nitrogens with zero attached hydrogens (tertiary/aromatic N) is 3. The highest BCUT2D eigenvalue weighted by Crippen LogP contribution is 2.19. The van der Waals surface area contributed by atoms with Gasteiger partial charge in [-0.1, -0.05) is 13.8 Å². The minimum atomic E-state index is -0.177. The molecule has 5 heteroatoms. The van der Waals surface area contributed by atoms with E-state index in [4.69, 9.17) is 5.26 Å². The monoisotopic (exact) mass is 288 g/mol. The topological polar surface area (TPSA) is 69.0 Å². The molecule has 1 heterocycles. The lowest BCUT2D eigenvalue weighted by Gasteiger charge is -2.22. The third-order valence-corrected chi connectivity index (χ3v) is 3.32. The van der Waals surface area contributed by atoms with Crippen molar-refractivity contribution >= 4 is 11.7 Å². The summed E-state index contributed by atoms with van der Waals surface area (Å²) in [4.78, 5) is 18.8. The highest BCUT2D eigenvalue weighted by molar-refractivity contribution is 5.95. The van der Waals surface area contributed by atoms with E-state index in [1.54, 1.807) is 18.0 Å². The van der Waals surface area contributed by atoms with Crippen LogP contribution >= 0.6 is 0 Å². The Hall–Kier alpha value is -2.09. The maximum absolute atomic E-state index is 12.6. The Balaban J connectivity index is 3.10. The number of hydrogen-bond acceptors (Lipinski definition) is 4. The van der Waals surface area contributed by atoms with Gasteiger partial charge in [-0.15, -0.1) is 0 Å². The van der Waals surface area contributed by atoms with Crippen molar-refractivity contribution in [3.8, 4) is 6.07 Å². The van der Waals surface area contributed by atoms with Crippen LogP contribution < -0.4 is 5.32 Å². The molecule has 5 nitrogen and oxygen atoms in total. The highest BCUT2D eigenvalue weighted by Gasteiger charge is 2.18. The molecule has 0 aromatic carbocycles. The maximum Gasteiger partial charge on any atom is 0.254 e. The van der Waals surface area contributed by atoms with E-state index in [-0.39, 0.29) is 17.7 Å². The van der Waals surface area contributed by atoms with Gasteiger partial charge in [0.1, 0.15) is 5.82 Å². The van der Waals surface area contributed by atoms with E-state index in [1.165, 1.54) is 0 Å². The van der Waals surface area contributed by atoms with E-state index in [9.17, 15) is 4.79 Å². The van der Waals surface area contributed by atoms with Gasteiger partial charge in [0.15, 0.2) is 0 Å². The molecule has 1 N–H and O–H groups in total. The molecule has 1 aromatic heterocycles. The number of aromatic nitrogens is 1. The Morgan fingerprint density at radius 1 is 1.43 bits per heavy atom. The minimum Gasteiger partial charge on any atom is -0.373 e. The molecule has 1 amide bonds. The number of amides is 1. The Bertz CT molecular complexity index is 534. The lowest BCUT2D eigenvalue weighted by molar-refractivity contribution is 0.0752. The van der Waals surface area contributed by atoms with Crippen molar-refractivity contribution in [2.45, 2.75) is 33.6 Å². The van der Waals surface area contributed by atoms with Crippen molar-refractivity contribution in [1.82, 2.24) is 9.88 Å². The maximum atomic E-state index is 12.6. The fourth-order valence-electron chi connectivity index (χ4n) is 2.01. The molecule has 0 aliphatic carbocycles. The second-order valence-corrected chi connectivity index (χ2v) is 5.44. The van der Waals surface area contributed by atoms with E-state index >= 15 is 0 Å². The standard InChI is InChI=1S/C16H24N4O/c1-6-20(10-12(4)9-17)16(21)13-7-14(11(2)3)19-15(8-13)18-5/h7-8,11-12H,6,10H2,1-5H3,(H,18,19). The molecule has 0 bridgehead atoms. The summed E-state index contributed by atoms with van der Waals surface area (Å²) < 4.78 is 0. The predicted octanol–water partition coefficient (Wildman–Crippen LogP) is 2.87. The van der Waals surface area contributed by atoms with Crippen LogP contribution in [0.4, 0.5) is 5.82 Å². The minimum absolute atomic E-state index is 0.0552. The van der Waals surface area contributed by atoms with Crippen LogP contribution in [0, 0.1) is 17.2 Å².